The zero-order valence-corrected chi connectivity index (χ0v) is 13.5. The largest absolute Gasteiger partial charge is 0.477 e. The third-order valence-electron chi connectivity index (χ3n) is 3.40. The van der Waals surface area contributed by atoms with Crippen LogP contribution in [0.4, 0.5) is 0 Å². The minimum atomic E-state index is -4.00. The van der Waals surface area contributed by atoms with Crippen LogP contribution in [0.25, 0.3) is 0 Å². The first-order chi connectivity index (χ1) is 10.5. The molecule has 1 N–H and O–H groups in total. The number of fused-ring (bicyclic) bond motifs is 1. The normalized spacial score (nSPS) is 15.7. The van der Waals surface area contributed by atoms with Crippen molar-refractivity contribution in [3.8, 4) is 5.88 Å². The first-order valence-corrected chi connectivity index (χ1v) is 9.14. The van der Waals surface area contributed by atoms with Gasteiger partial charge in [-0.1, -0.05) is 6.07 Å². The highest BCUT2D eigenvalue weighted by atomic mass is 32.2. The number of ether oxygens (including phenoxy) is 1. The van der Waals surface area contributed by atoms with Gasteiger partial charge in [-0.3, -0.25) is 4.79 Å². The molecule has 0 spiro atoms. The number of carbonyl (C=O) groups excluding carboxylic acids is 1. The number of amides is 1. The van der Waals surface area contributed by atoms with E-state index in [9.17, 15) is 13.2 Å². The first-order valence-electron chi connectivity index (χ1n) is 6.78. The summed E-state index contributed by atoms with van der Waals surface area (Å²) in [6.07, 6.45) is 1.99. The highest BCUT2D eigenvalue weighted by molar-refractivity contribution is 7.90. The lowest BCUT2D eigenvalue weighted by Crippen LogP contribution is -2.33. The summed E-state index contributed by atoms with van der Waals surface area (Å²) >= 11 is 1.41. The van der Waals surface area contributed by atoms with E-state index in [0.717, 1.165) is 11.3 Å². The molecule has 1 atom stereocenters. The summed E-state index contributed by atoms with van der Waals surface area (Å²) in [4.78, 5) is 12.9. The van der Waals surface area contributed by atoms with Crippen LogP contribution >= 0.6 is 11.3 Å². The Morgan fingerprint density at radius 3 is 3.09 bits per heavy atom. The van der Waals surface area contributed by atoms with Crippen LogP contribution in [0.2, 0.25) is 0 Å². The Morgan fingerprint density at radius 1 is 1.55 bits per heavy atom. The molecule has 3 heterocycles. The predicted octanol–water partition coefficient (Wildman–Crippen LogP) is 1.34. The fourth-order valence-electron chi connectivity index (χ4n) is 2.17. The van der Waals surface area contributed by atoms with E-state index in [0.29, 0.717) is 13.2 Å². The number of carbonyl (C=O) groups is 1. The number of nitrogens with one attached hydrogen (secondary N) is 1. The molecule has 0 aromatic carbocycles. The van der Waals surface area contributed by atoms with Crippen LogP contribution in [-0.4, -0.2) is 30.7 Å². The van der Waals surface area contributed by atoms with E-state index in [4.69, 9.17) is 4.74 Å². The van der Waals surface area contributed by atoms with Gasteiger partial charge in [0, 0.05) is 17.8 Å². The molecule has 2 aromatic rings. The van der Waals surface area contributed by atoms with E-state index in [1.165, 1.54) is 22.2 Å². The molecule has 0 saturated heterocycles. The third kappa shape index (κ3) is 2.73. The van der Waals surface area contributed by atoms with Gasteiger partial charge in [0.2, 0.25) is 11.8 Å². The number of hydrogen-bond donors (Lipinski definition) is 1. The molecule has 2 aromatic heterocycles. The molecule has 0 radical (unpaired) electrons. The highest BCUT2D eigenvalue weighted by Crippen LogP contribution is 2.27. The smallest absolute Gasteiger partial charge is 0.271 e. The summed E-state index contributed by atoms with van der Waals surface area (Å²) in [5.74, 6) is -0.921. The molecule has 1 aliphatic heterocycles. The van der Waals surface area contributed by atoms with Crippen LogP contribution in [0.3, 0.4) is 0 Å². The number of thiophene rings is 1. The van der Waals surface area contributed by atoms with Gasteiger partial charge in [0.25, 0.3) is 10.0 Å². The van der Waals surface area contributed by atoms with Gasteiger partial charge in [-0.25, -0.2) is 17.8 Å². The second kappa shape index (κ2) is 5.73. The van der Waals surface area contributed by atoms with Gasteiger partial charge in [-0.05, 0) is 18.4 Å². The van der Waals surface area contributed by atoms with Gasteiger partial charge in [0.05, 0.1) is 18.7 Å². The quantitative estimate of drug-likeness (QED) is 0.906. The Kier molecular flexibility index (Phi) is 3.92. The topological polar surface area (TPSA) is 90.3 Å². The van der Waals surface area contributed by atoms with Crippen LogP contribution in [0.5, 0.6) is 5.88 Å². The van der Waals surface area contributed by atoms with E-state index in [1.54, 1.807) is 13.0 Å². The number of aromatic nitrogens is 2. The average molecular weight is 341 g/mol. The Balaban J connectivity index is 1.82. The lowest BCUT2D eigenvalue weighted by molar-refractivity contribution is -0.120. The molecule has 9 heteroatoms. The molecule has 1 aliphatic rings. The second-order valence-electron chi connectivity index (χ2n) is 4.95. The third-order valence-corrected chi connectivity index (χ3v) is 5.78. The van der Waals surface area contributed by atoms with E-state index >= 15 is 0 Å². The minimum Gasteiger partial charge on any atom is -0.477 e. The fourth-order valence-corrected chi connectivity index (χ4v) is 4.09. The molecular formula is C13H15N3O4S2. The van der Waals surface area contributed by atoms with Gasteiger partial charge >= 0.3 is 0 Å². The lowest BCUT2D eigenvalue weighted by atomic mass is 10.1. The van der Waals surface area contributed by atoms with Gasteiger partial charge in [-0.15, -0.1) is 11.3 Å². The summed E-state index contributed by atoms with van der Waals surface area (Å²) in [5, 5.41) is 5.83. The van der Waals surface area contributed by atoms with Crippen LogP contribution in [0, 0.1) is 0 Å². The van der Waals surface area contributed by atoms with E-state index in [1.807, 2.05) is 11.4 Å². The Morgan fingerprint density at radius 2 is 2.36 bits per heavy atom. The molecule has 0 aliphatic carbocycles. The maximum absolute atomic E-state index is 12.4. The Hall–Kier alpha value is -1.87. The van der Waals surface area contributed by atoms with Crippen molar-refractivity contribution in [1.82, 2.24) is 14.5 Å². The maximum Gasteiger partial charge on any atom is 0.271 e. The number of aryl methyl sites for hydroxylation is 1. The predicted molar refractivity (Wildman–Crippen MR) is 80.4 cm³/mol. The van der Waals surface area contributed by atoms with Crippen molar-refractivity contribution in [2.75, 3.05) is 6.61 Å². The maximum atomic E-state index is 12.4. The Bertz CT molecular complexity index is 780. The molecule has 1 amide bonds. The van der Waals surface area contributed by atoms with Gasteiger partial charge in [0.15, 0.2) is 4.90 Å². The molecule has 7 nitrogen and oxygen atoms in total. The van der Waals surface area contributed by atoms with Crippen molar-refractivity contribution in [1.29, 1.82) is 0 Å². The van der Waals surface area contributed by atoms with Crippen molar-refractivity contribution in [2.45, 2.75) is 30.7 Å². The number of nitrogens with zero attached hydrogens (tertiary/aromatic N) is 2. The standard InChI is InChI=1S/C13H15N3O4S2/c1-9(10-4-2-7-21-10)12(17)15-22(18,19)11-8-14-16-5-3-6-20-13(11)16/h2,4,7-9H,3,5-6H2,1H3,(H,15,17). The van der Waals surface area contributed by atoms with Crippen molar-refractivity contribution in [2.24, 2.45) is 0 Å². The van der Waals surface area contributed by atoms with E-state index in [-0.39, 0.29) is 10.8 Å². The summed E-state index contributed by atoms with van der Waals surface area (Å²) in [6.45, 7) is 2.71. The van der Waals surface area contributed by atoms with Crippen LogP contribution in [0.1, 0.15) is 24.1 Å². The fraction of sp³-hybridized carbons (Fsp3) is 0.385. The first kappa shape index (κ1) is 15.0. The summed E-state index contributed by atoms with van der Waals surface area (Å²) < 4.78 is 33.7. The van der Waals surface area contributed by atoms with Gasteiger partial charge < -0.3 is 4.74 Å². The molecule has 1 unspecified atom stereocenters. The molecule has 0 bridgehead atoms. The second-order valence-corrected chi connectivity index (χ2v) is 7.58. The molecule has 0 saturated carbocycles. The zero-order valence-electron chi connectivity index (χ0n) is 11.9. The minimum absolute atomic E-state index is 0.0982. The monoisotopic (exact) mass is 341 g/mol. The summed E-state index contributed by atoms with van der Waals surface area (Å²) in [7, 11) is -4.00. The van der Waals surface area contributed by atoms with Crippen molar-refractivity contribution >= 4 is 27.3 Å². The van der Waals surface area contributed by atoms with Crippen LogP contribution in [-0.2, 0) is 21.4 Å². The Labute approximate surface area is 132 Å². The van der Waals surface area contributed by atoms with E-state index < -0.39 is 21.8 Å². The molecular weight excluding hydrogens is 326 g/mol. The number of sulfonamides is 1. The van der Waals surface area contributed by atoms with Crippen molar-refractivity contribution in [3.05, 3.63) is 28.6 Å². The molecule has 3 rings (SSSR count). The van der Waals surface area contributed by atoms with Gasteiger partial charge in [-0.2, -0.15) is 5.10 Å². The number of hydrogen-bond acceptors (Lipinski definition) is 6. The summed E-state index contributed by atoms with van der Waals surface area (Å²) in [5.41, 5.74) is 0. The van der Waals surface area contributed by atoms with Crippen molar-refractivity contribution in [3.63, 3.8) is 0 Å². The highest BCUT2D eigenvalue weighted by Gasteiger charge is 2.30. The van der Waals surface area contributed by atoms with Crippen LogP contribution in [0.15, 0.2) is 28.6 Å². The molecule has 22 heavy (non-hydrogen) atoms. The van der Waals surface area contributed by atoms with Gasteiger partial charge in [0.1, 0.15) is 0 Å². The molecule has 0 fully saturated rings. The van der Waals surface area contributed by atoms with Crippen molar-refractivity contribution < 1.29 is 17.9 Å². The zero-order chi connectivity index (χ0) is 15.7. The average Bonchev–Trinajstić information content (AvgIpc) is 3.15. The molecule has 118 valence electrons. The van der Waals surface area contributed by atoms with E-state index in [2.05, 4.69) is 9.82 Å². The van der Waals surface area contributed by atoms with Crippen LogP contribution < -0.4 is 9.46 Å². The SMILES string of the molecule is CC(C(=O)NS(=O)(=O)c1cnn2c1OCCC2)c1cccs1. The number of rotatable bonds is 4. The lowest BCUT2D eigenvalue weighted by Gasteiger charge is -2.16. The summed E-state index contributed by atoms with van der Waals surface area (Å²) in [6, 6.07) is 3.62.